The van der Waals surface area contributed by atoms with Crippen LogP contribution in [0.4, 0.5) is 0 Å². The number of ether oxygens (including phenoxy) is 5. The Hall–Kier alpha value is -3.63. The Kier molecular flexibility index (Phi) is 27.5. The number of carbonyl (C=O) groups excluding carboxylic acids is 5. The molecule has 4 aliphatic rings. The van der Waals surface area contributed by atoms with Gasteiger partial charge in [-0.25, -0.2) is 4.79 Å². The van der Waals surface area contributed by atoms with Crippen LogP contribution in [0.3, 0.4) is 0 Å². The van der Waals surface area contributed by atoms with Gasteiger partial charge in [-0.1, -0.05) is 116 Å². The number of hydrogen-bond acceptors (Lipinski definition) is 13. The SMILES string of the molecule is CO[C@@H](C[C@@H]1CC[C@@H](C)[C@](O)(C(=O)C(=O)N2CCCC[C@H]2C(=O)OCCCCC2CCCCC2)O1)/C(C)=C/C=C/C=C/[C@@H](C)C[C@@H](C)C(=O)[C@H](OC)[C@H](O)/C(C)=C/[C@@H](C)C(=O)/C=C/[C@H](C)C[C@@H]1CC[C@@H](O)[C@H](OC)C1. The molecule has 0 unspecified atom stereocenters. The Labute approximate surface area is 450 Å². The first-order chi connectivity index (χ1) is 35.7. The quantitative estimate of drug-likeness (QED) is 0.0160. The van der Waals surface area contributed by atoms with Crippen LogP contribution in [0.1, 0.15) is 170 Å². The van der Waals surface area contributed by atoms with E-state index < -0.39 is 77.8 Å². The van der Waals surface area contributed by atoms with Crippen molar-refractivity contribution in [2.24, 2.45) is 41.4 Å². The van der Waals surface area contributed by atoms with Gasteiger partial charge in [-0.05, 0) is 132 Å². The molecule has 2 saturated carbocycles. The highest BCUT2D eigenvalue weighted by atomic mass is 16.6. The minimum absolute atomic E-state index is 0.0221. The summed E-state index contributed by atoms with van der Waals surface area (Å²) in [5, 5.41) is 33.2. The van der Waals surface area contributed by atoms with Crippen LogP contribution in [0.25, 0.3) is 0 Å². The van der Waals surface area contributed by atoms with Gasteiger partial charge in [-0.15, -0.1) is 0 Å². The van der Waals surface area contributed by atoms with E-state index in [0.29, 0.717) is 56.4 Å². The van der Waals surface area contributed by atoms with Crippen LogP contribution in [0, 0.1) is 41.4 Å². The lowest BCUT2D eigenvalue weighted by molar-refractivity contribution is -0.265. The molecule has 75 heavy (non-hydrogen) atoms. The van der Waals surface area contributed by atoms with Gasteiger partial charge < -0.3 is 43.9 Å². The number of likely N-dealkylation sites (tertiary alicyclic amines) is 1. The fourth-order valence-electron chi connectivity index (χ4n) is 11.8. The van der Waals surface area contributed by atoms with Crippen molar-refractivity contribution in [2.75, 3.05) is 34.5 Å². The Balaban J connectivity index is 1.23. The highest BCUT2D eigenvalue weighted by Gasteiger charge is 2.53. The number of unbranched alkanes of at least 4 members (excludes halogenated alkanes) is 1. The van der Waals surface area contributed by atoms with Crippen molar-refractivity contribution in [3.63, 3.8) is 0 Å². The van der Waals surface area contributed by atoms with Crippen molar-refractivity contribution < 1.29 is 63.0 Å². The average molecular weight is 1050 g/mol. The van der Waals surface area contributed by atoms with E-state index in [1.165, 1.54) is 44.1 Å². The second-order valence-electron chi connectivity index (χ2n) is 22.9. The van der Waals surface area contributed by atoms with Crippen molar-refractivity contribution in [3.8, 4) is 0 Å². The van der Waals surface area contributed by atoms with Gasteiger partial charge in [0.2, 0.25) is 5.79 Å². The van der Waals surface area contributed by atoms with Crippen LogP contribution >= 0.6 is 0 Å². The van der Waals surface area contributed by atoms with Gasteiger partial charge in [0.1, 0.15) is 18.2 Å². The molecule has 2 heterocycles. The van der Waals surface area contributed by atoms with Gasteiger partial charge in [-0.2, -0.15) is 0 Å². The maximum Gasteiger partial charge on any atom is 0.328 e. The van der Waals surface area contributed by atoms with Gasteiger partial charge in [0.05, 0.1) is 31.0 Å². The molecule has 2 saturated heterocycles. The Morgan fingerprint density at radius 2 is 1.51 bits per heavy atom. The number of Topliss-reactive ketones (excluding diaryl/α,β-unsaturated/α-hetero) is 2. The minimum atomic E-state index is -2.35. The summed E-state index contributed by atoms with van der Waals surface area (Å²) in [5.41, 5.74) is 1.38. The summed E-state index contributed by atoms with van der Waals surface area (Å²) >= 11 is 0. The number of rotatable bonds is 29. The van der Waals surface area contributed by atoms with Crippen LogP contribution in [0.2, 0.25) is 0 Å². The molecule has 424 valence electrons. The van der Waals surface area contributed by atoms with Crippen LogP contribution in [-0.2, 0) is 47.7 Å². The number of nitrogens with zero attached hydrogens (tertiary/aromatic N) is 1. The highest BCUT2D eigenvalue weighted by molar-refractivity contribution is 6.39. The van der Waals surface area contributed by atoms with E-state index in [2.05, 4.69) is 6.92 Å². The molecule has 0 aromatic heterocycles. The first kappa shape index (κ1) is 63.9. The van der Waals surface area contributed by atoms with E-state index >= 15 is 0 Å². The third-order valence-corrected chi connectivity index (χ3v) is 16.7. The number of ketones is 3. The molecular formula is C61H97NO13. The van der Waals surface area contributed by atoms with E-state index in [4.69, 9.17) is 23.7 Å². The normalized spacial score (nSPS) is 28.5. The Morgan fingerprint density at radius 3 is 2.20 bits per heavy atom. The third-order valence-electron chi connectivity index (χ3n) is 16.7. The molecule has 0 radical (unpaired) electrons. The molecule has 3 N–H and O–H groups in total. The lowest BCUT2D eigenvalue weighted by Gasteiger charge is -2.42. The molecule has 14 nitrogen and oxygen atoms in total. The highest BCUT2D eigenvalue weighted by Crippen LogP contribution is 2.37. The van der Waals surface area contributed by atoms with Crippen molar-refractivity contribution in [3.05, 3.63) is 59.8 Å². The Morgan fingerprint density at radius 1 is 0.787 bits per heavy atom. The smallest absolute Gasteiger partial charge is 0.328 e. The predicted octanol–water partition coefficient (Wildman–Crippen LogP) is 9.72. The number of amides is 1. The number of carbonyl (C=O) groups is 5. The molecule has 14 heteroatoms. The van der Waals surface area contributed by atoms with Crippen LogP contribution in [-0.4, -0.2) is 132 Å². The van der Waals surface area contributed by atoms with Gasteiger partial charge in [0.15, 0.2) is 11.6 Å². The fraction of sp³-hybridized carbons (Fsp3) is 0.754. The number of aliphatic hydroxyl groups is 3. The van der Waals surface area contributed by atoms with Gasteiger partial charge in [-0.3, -0.25) is 19.2 Å². The first-order valence-corrected chi connectivity index (χ1v) is 28.6. The van der Waals surface area contributed by atoms with E-state index in [0.717, 1.165) is 56.4 Å². The van der Waals surface area contributed by atoms with Gasteiger partial charge in [0.25, 0.3) is 11.7 Å². The van der Waals surface area contributed by atoms with Gasteiger partial charge in [0, 0.05) is 52.0 Å². The summed E-state index contributed by atoms with van der Waals surface area (Å²) in [7, 11) is 4.63. The third kappa shape index (κ3) is 19.7. The van der Waals surface area contributed by atoms with E-state index in [1.54, 1.807) is 47.1 Å². The number of hydrogen-bond donors (Lipinski definition) is 3. The molecule has 4 fully saturated rings. The molecule has 0 aromatic rings. The van der Waals surface area contributed by atoms with E-state index in [1.807, 2.05) is 57.2 Å². The van der Waals surface area contributed by atoms with E-state index in [9.17, 15) is 39.3 Å². The van der Waals surface area contributed by atoms with Crippen molar-refractivity contribution in [2.45, 2.75) is 219 Å². The zero-order valence-electron chi connectivity index (χ0n) is 47.4. The van der Waals surface area contributed by atoms with Crippen LogP contribution in [0.15, 0.2) is 59.8 Å². The molecule has 0 bridgehead atoms. The largest absolute Gasteiger partial charge is 0.464 e. The molecule has 2 aliphatic heterocycles. The topological polar surface area (TPSA) is 195 Å². The number of allylic oxidation sites excluding steroid dienone is 8. The zero-order chi connectivity index (χ0) is 55.2. The first-order valence-electron chi connectivity index (χ1n) is 28.6. The standard InChI is InChI=1S/C61H97NO13/c1-40(35-44(5)55(65)57(73-10)56(66)45(6)37-43(4)51(63)31-27-41(2)36-48-29-32-52(64)54(38-48)72-9)21-13-11-14-22-42(3)53(71-8)39-49-30-28-46(7)61(70,75-49)58(67)59(68)62-33-19-17-26-50(62)60(69)74-34-20-18-25-47-23-15-12-16-24-47/h11,13-14,21-22,27,31,37,40-41,43-44,46-50,52-54,56-57,64,66,70H,12,15-20,23-26,28-30,32-36,38-39H2,1-10H3/b14-11+,21-13+,31-27+,42-22+,45-37+/t40-,41+,43-,44-,46-,48+,49+,50+,52-,53+,54-,56-,57+,61-/m1/s1. The van der Waals surface area contributed by atoms with Crippen molar-refractivity contribution in [1.29, 1.82) is 0 Å². The van der Waals surface area contributed by atoms with E-state index in [-0.39, 0.29) is 42.7 Å². The number of piperidine rings is 1. The molecule has 1 amide bonds. The molecule has 2 aliphatic carbocycles. The fourth-order valence-corrected chi connectivity index (χ4v) is 11.8. The maximum absolute atomic E-state index is 13.9. The molecular weight excluding hydrogens is 955 g/mol. The maximum atomic E-state index is 13.9. The van der Waals surface area contributed by atoms with Crippen molar-refractivity contribution in [1.82, 2.24) is 4.90 Å². The molecule has 0 spiro atoms. The molecule has 0 aromatic carbocycles. The lowest BCUT2D eigenvalue weighted by Crippen LogP contribution is -2.60. The molecule has 4 rings (SSSR count). The number of esters is 1. The molecule has 14 atom stereocenters. The Bertz CT molecular complexity index is 1970. The number of aliphatic hydroxyl groups excluding tert-OH is 2. The summed E-state index contributed by atoms with van der Waals surface area (Å²) in [5.74, 6) is -5.32. The predicted molar refractivity (Wildman–Crippen MR) is 291 cm³/mol. The summed E-state index contributed by atoms with van der Waals surface area (Å²) in [6, 6.07) is -0.873. The summed E-state index contributed by atoms with van der Waals surface area (Å²) in [6.07, 6.45) is 27.4. The zero-order valence-corrected chi connectivity index (χ0v) is 47.4. The summed E-state index contributed by atoms with van der Waals surface area (Å²) < 4.78 is 28.6. The summed E-state index contributed by atoms with van der Waals surface area (Å²) in [4.78, 5) is 69.0. The number of methoxy groups -OCH3 is 3. The van der Waals surface area contributed by atoms with Crippen LogP contribution in [0.5, 0.6) is 0 Å². The monoisotopic (exact) mass is 1050 g/mol. The average Bonchev–Trinajstić information content (AvgIpc) is 3.40. The lowest BCUT2D eigenvalue weighted by atomic mass is 9.80. The summed E-state index contributed by atoms with van der Waals surface area (Å²) in [6.45, 7) is 13.6. The van der Waals surface area contributed by atoms with Crippen LogP contribution < -0.4 is 0 Å². The van der Waals surface area contributed by atoms with Crippen molar-refractivity contribution >= 4 is 29.2 Å². The van der Waals surface area contributed by atoms with Gasteiger partial charge >= 0.3 is 5.97 Å². The second kappa shape index (κ2) is 32.3. The minimum Gasteiger partial charge on any atom is -0.464 e. The second-order valence-corrected chi connectivity index (χ2v) is 22.9.